The number of aromatic nitrogens is 3. The molecule has 1 aromatic carbocycles. The molecular formula is C15H16FN5. The molecule has 0 fully saturated rings. The van der Waals surface area contributed by atoms with Crippen molar-refractivity contribution in [3.8, 4) is 0 Å². The van der Waals surface area contributed by atoms with Crippen molar-refractivity contribution >= 4 is 17.3 Å². The summed E-state index contributed by atoms with van der Waals surface area (Å²) in [5.74, 6) is 0.876. The number of hydrogen-bond acceptors (Lipinski definition) is 4. The lowest BCUT2D eigenvalue weighted by atomic mass is 10.1. The van der Waals surface area contributed by atoms with Gasteiger partial charge in [-0.25, -0.2) is 14.4 Å². The summed E-state index contributed by atoms with van der Waals surface area (Å²) in [6.45, 7) is 2.58. The van der Waals surface area contributed by atoms with Gasteiger partial charge in [-0.15, -0.1) is 0 Å². The van der Waals surface area contributed by atoms with Crippen molar-refractivity contribution < 1.29 is 4.39 Å². The molecule has 2 heterocycles. The SMILES string of the molecule is Cc1cc(F)ccc1CCNc1nc(N)cn2ccnc12. The van der Waals surface area contributed by atoms with E-state index in [2.05, 4.69) is 15.3 Å². The van der Waals surface area contributed by atoms with Gasteiger partial charge in [0.05, 0.1) is 6.20 Å². The zero-order chi connectivity index (χ0) is 14.8. The van der Waals surface area contributed by atoms with Crippen LogP contribution < -0.4 is 11.1 Å². The van der Waals surface area contributed by atoms with Crippen LogP contribution in [0.1, 0.15) is 11.1 Å². The molecule has 0 aliphatic heterocycles. The Morgan fingerprint density at radius 1 is 1.38 bits per heavy atom. The normalized spacial score (nSPS) is 11.0. The lowest BCUT2D eigenvalue weighted by Gasteiger charge is -2.09. The van der Waals surface area contributed by atoms with Crippen molar-refractivity contribution in [2.45, 2.75) is 13.3 Å². The fourth-order valence-electron chi connectivity index (χ4n) is 2.33. The molecule has 0 saturated heterocycles. The highest BCUT2D eigenvalue weighted by atomic mass is 19.1. The smallest absolute Gasteiger partial charge is 0.180 e. The Hall–Kier alpha value is -2.63. The minimum Gasteiger partial charge on any atom is -0.382 e. The molecule has 3 N–H and O–H groups in total. The maximum Gasteiger partial charge on any atom is 0.180 e. The second-order valence-electron chi connectivity index (χ2n) is 4.92. The van der Waals surface area contributed by atoms with E-state index in [0.717, 1.165) is 23.2 Å². The van der Waals surface area contributed by atoms with Crippen molar-refractivity contribution in [1.82, 2.24) is 14.4 Å². The maximum atomic E-state index is 13.1. The number of anilines is 2. The summed E-state index contributed by atoms with van der Waals surface area (Å²) < 4.78 is 14.9. The number of benzene rings is 1. The standard InChI is InChI=1S/C15H16FN5/c1-10-8-12(16)3-2-11(10)4-5-18-14-15-19-6-7-21(15)9-13(17)20-14/h2-3,6-9H,4-5,17H2,1H3,(H,18,20). The van der Waals surface area contributed by atoms with Crippen LogP contribution in [-0.2, 0) is 6.42 Å². The van der Waals surface area contributed by atoms with Gasteiger partial charge in [0.1, 0.15) is 11.6 Å². The summed E-state index contributed by atoms with van der Waals surface area (Å²) >= 11 is 0. The molecule has 0 atom stereocenters. The van der Waals surface area contributed by atoms with Gasteiger partial charge >= 0.3 is 0 Å². The predicted octanol–water partition coefficient (Wildman–Crippen LogP) is 2.41. The fraction of sp³-hybridized carbons (Fsp3) is 0.200. The topological polar surface area (TPSA) is 68.2 Å². The van der Waals surface area contributed by atoms with Crippen LogP contribution in [0, 0.1) is 12.7 Å². The van der Waals surface area contributed by atoms with Gasteiger partial charge < -0.3 is 15.5 Å². The Morgan fingerprint density at radius 2 is 2.24 bits per heavy atom. The average Bonchev–Trinajstić information content (AvgIpc) is 2.89. The first kappa shape index (κ1) is 13.4. The number of nitrogens with one attached hydrogen (secondary N) is 1. The number of nitrogens with zero attached hydrogens (tertiary/aromatic N) is 3. The number of imidazole rings is 1. The highest BCUT2D eigenvalue weighted by Gasteiger charge is 2.06. The summed E-state index contributed by atoms with van der Waals surface area (Å²) in [6, 6.07) is 4.83. The molecular weight excluding hydrogens is 269 g/mol. The molecule has 21 heavy (non-hydrogen) atoms. The van der Waals surface area contributed by atoms with E-state index in [-0.39, 0.29) is 5.82 Å². The van der Waals surface area contributed by atoms with Crippen LogP contribution in [0.15, 0.2) is 36.8 Å². The van der Waals surface area contributed by atoms with Gasteiger partial charge in [0, 0.05) is 18.9 Å². The lowest BCUT2D eigenvalue weighted by Crippen LogP contribution is -2.10. The summed E-state index contributed by atoms with van der Waals surface area (Å²) in [5.41, 5.74) is 8.55. The average molecular weight is 285 g/mol. The minimum atomic E-state index is -0.208. The van der Waals surface area contributed by atoms with Crippen LogP contribution >= 0.6 is 0 Å². The van der Waals surface area contributed by atoms with E-state index in [1.54, 1.807) is 18.5 Å². The molecule has 2 aromatic heterocycles. The number of aryl methyl sites for hydroxylation is 1. The molecule has 0 amide bonds. The Balaban J connectivity index is 1.73. The van der Waals surface area contributed by atoms with E-state index < -0.39 is 0 Å². The highest BCUT2D eigenvalue weighted by Crippen LogP contribution is 2.15. The number of nitrogen functional groups attached to an aromatic ring is 1. The van der Waals surface area contributed by atoms with E-state index in [1.165, 1.54) is 6.07 Å². The van der Waals surface area contributed by atoms with Crippen LogP contribution in [0.5, 0.6) is 0 Å². The Labute approximate surface area is 121 Å². The van der Waals surface area contributed by atoms with Crippen LogP contribution in [0.4, 0.5) is 16.0 Å². The number of hydrogen-bond donors (Lipinski definition) is 2. The van der Waals surface area contributed by atoms with Gasteiger partial charge in [-0.1, -0.05) is 6.07 Å². The van der Waals surface area contributed by atoms with Crippen molar-refractivity contribution in [2.24, 2.45) is 0 Å². The molecule has 0 radical (unpaired) electrons. The molecule has 0 saturated carbocycles. The first-order valence-electron chi connectivity index (χ1n) is 6.71. The molecule has 0 bridgehead atoms. The third-order valence-corrected chi connectivity index (χ3v) is 3.38. The van der Waals surface area contributed by atoms with Crippen LogP contribution in [0.2, 0.25) is 0 Å². The zero-order valence-electron chi connectivity index (χ0n) is 11.7. The van der Waals surface area contributed by atoms with Gasteiger partial charge in [-0.3, -0.25) is 0 Å². The monoisotopic (exact) mass is 285 g/mol. The predicted molar refractivity (Wildman–Crippen MR) is 80.7 cm³/mol. The summed E-state index contributed by atoms with van der Waals surface area (Å²) in [6.07, 6.45) is 6.02. The highest BCUT2D eigenvalue weighted by molar-refractivity contribution is 5.64. The molecule has 108 valence electrons. The molecule has 6 heteroatoms. The van der Waals surface area contributed by atoms with Crippen LogP contribution in [0.3, 0.4) is 0 Å². The second kappa shape index (κ2) is 5.40. The van der Waals surface area contributed by atoms with Crippen molar-refractivity contribution in [3.05, 3.63) is 53.7 Å². The van der Waals surface area contributed by atoms with Crippen molar-refractivity contribution in [1.29, 1.82) is 0 Å². The third-order valence-electron chi connectivity index (χ3n) is 3.38. The maximum absolute atomic E-state index is 13.1. The summed E-state index contributed by atoms with van der Waals surface area (Å²) in [4.78, 5) is 8.51. The van der Waals surface area contributed by atoms with E-state index in [0.29, 0.717) is 18.2 Å². The Kier molecular flexibility index (Phi) is 3.43. The van der Waals surface area contributed by atoms with Crippen molar-refractivity contribution in [3.63, 3.8) is 0 Å². The Bertz CT molecular complexity index is 781. The first-order valence-corrected chi connectivity index (χ1v) is 6.71. The molecule has 0 aliphatic carbocycles. The van der Waals surface area contributed by atoms with E-state index in [4.69, 9.17) is 5.73 Å². The lowest BCUT2D eigenvalue weighted by molar-refractivity contribution is 0.625. The van der Waals surface area contributed by atoms with Crippen LogP contribution in [-0.4, -0.2) is 20.9 Å². The van der Waals surface area contributed by atoms with Gasteiger partial charge in [0.2, 0.25) is 0 Å². The third kappa shape index (κ3) is 2.79. The van der Waals surface area contributed by atoms with Gasteiger partial charge in [0.15, 0.2) is 11.5 Å². The molecule has 5 nitrogen and oxygen atoms in total. The van der Waals surface area contributed by atoms with Crippen LogP contribution in [0.25, 0.3) is 5.65 Å². The number of fused-ring (bicyclic) bond motifs is 1. The number of halogens is 1. The minimum absolute atomic E-state index is 0.208. The molecule has 0 unspecified atom stereocenters. The van der Waals surface area contributed by atoms with Gasteiger partial charge in [0.25, 0.3) is 0 Å². The largest absolute Gasteiger partial charge is 0.382 e. The van der Waals surface area contributed by atoms with E-state index >= 15 is 0 Å². The number of rotatable bonds is 4. The summed E-state index contributed by atoms with van der Waals surface area (Å²) in [7, 11) is 0. The van der Waals surface area contributed by atoms with E-state index in [1.807, 2.05) is 23.6 Å². The van der Waals surface area contributed by atoms with Crippen molar-refractivity contribution in [2.75, 3.05) is 17.6 Å². The quantitative estimate of drug-likeness (QED) is 0.772. The Morgan fingerprint density at radius 3 is 3.05 bits per heavy atom. The summed E-state index contributed by atoms with van der Waals surface area (Å²) in [5, 5.41) is 3.24. The second-order valence-corrected chi connectivity index (χ2v) is 4.92. The molecule has 0 aliphatic rings. The molecule has 3 rings (SSSR count). The fourth-order valence-corrected chi connectivity index (χ4v) is 2.33. The molecule has 0 spiro atoms. The zero-order valence-corrected chi connectivity index (χ0v) is 11.7. The number of nitrogens with two attached hydrogens (primary N) is 1. The first-order chi connectivity index (χ1) is 10.1. The van der Waals surface area contributed by atoms with Gasteiger partial charge in [-0.05, 0) is 36.6 Å². The molecule has 3 aromatic rings. The van der Waals surface area contributed by atoms with Gasteiger partial charge in [-0.2, -0.15) is 0 Å². The van der Waals surface area contributed by atoms with E-state index in [9.17, 15) is 4.39 Å².